The van der Waals surface area contributed by atoms with Gasteiger partial charge in [-0.15, -0.1) is 12.1 Å². The van der Waals surface area contributed by atoms with E-state index >= 15 is 0 Å². The summed E-state index contributed by atoms with van der Waals surface area (Å²) in [5.41, 5.74) is 1.23. The standard InChI is InChI=1S/C12H8ClO.C5H5.Fe/c13-11-8-4-3-7-10(11)12(14)9-5-1-2-6-9;1-2-4-5-3-1;/h1-8H;1-5H;/q-1;-5;. The van der Waals surface area contributed by atoms with Crippen molar-refractivity contribution in [2.24, 2.45) is 0 Å². The largest absolute Gasteiger partial charge is 0.748 e. The van der Waals surface area contributed by atoms with Crippen LogP contribution in [0.2, 0.25) is 5.02 Å². The van der Waals surface area contributed by atoms with Gasteiger partial charge in [0.2, 0.25) is 0 Å². The second-order valence-electron chi connectivity index (χ2n) is 3.94. The molecule has 0 aliphatic heterocycles. The Morgan fingerprint density at radius 3 is 1.90 bits per heavy atom. The Labute approximate surface area is 134 Å². The van der Waals surface area contributed by atoms with Crippen LogP contribution in [-0.4, -0.2) is 5.78 Å². The van der Waals surface area contributed by atoms with Crippen molar-refractivity contribution in [1.29, 1.82) is 0 Å². The first-order valence-corrected chi connectivity index (χ1v) is 6.34. The Morgan fingerprint density at radius 2 is 1.40 bits per heavy atom. The normalized spacial score (nSPS) is 9.05. The molecule has 0 heterocycles. The fourth-order valence-electron chi connectivity index (χ4n) is 1.65. The number of hydrogen-bond donors (Lipinski definition) is 0. The first-order valence-electron chi connectivity index (χ1n) is 5.96. The van der Waals surface area contributed by atoms with Gasteiger partial charge in [-0.1, -0.05) is 41.4 Å². The number of benzene rings is 1. The molecule has 108 valence electrons. The third-order valence-electron chi connectivity index (χ3n) is 2.60. The summed E-state index contributed by atoms with van der Waals surface area (Å²) in [7, 11) is 0. The number of halogens is 1. The zero-order chi connectivity index (χ0) is 13.5. The van der Waals surface area contributed by atoms with Crippen molar-refractivity contribution in [2.75, 3.05) is 0 Å². The van der Waals surface area contributed by atoms with Crippen molar-refractivity contribution in [1.82, 2.24) is 0 Å². The van der Waals surface area contributed by atoms with Crippen LogP contribution in [0.1, 0.15) is 15.9 Å². The van der Waals surface area contributed by atoms with Gasteiger partial charge in [-0.25, -0.2) is 0 Å². The van der Waals surface area contributed by atoms with E-state index in [0.717, 1.165) is 0 Å². The van der Waals surface area contributed by atoms with E-state index in [-0.39, 0.29) is 22.9 Å². The second kappa shape index (κ2) is 8.55. The van der Waals surface area contributed by atoms with Gasteiger partial charge in [-0.3, -0.25) is 0 Å². The Bertz CT molecular complexity index is 595. The van der Waals surface area contributed by atoms with E-state index in [1.807, 2.05) is 54.6 Å². The molecular weight excluding hydrogens is 311 g/mol. The van der Waals surface area contributed by atoms with Gasteiger partial charge >= 0.3 is 0 Å². The average molecular weight is 325 g/mol. The molecule has 0 aliphatic carbocycles. The quantitative estimate of drug-likeness (QED) is 0.379. The number of carbonyl (C=O) groups is 1. The van der Waals surface area contributed by atoms with Gasteiger partial charge in [0.15, 0.2) is 0 Å². The van der Waals surface area contributed by atoms with Crippen molar-refractivity contribution in [2.45, 2.75) is 0 Å². The molecule has 0 radical (unpaired) electrons. The second-order valence-corrected chi connectivity index (χ2v) is 4.35. The van der Waals surface area contributed by atoms with E-state index in [1.165, 1.54) is 0 Å². The molecule has 3 heteroatoms. The van der Waals surface area contributed by atoms with Crippen molar-refractivity contribution >= 4 is 17.4 Å². The first-order chi connectivity index (χ1) is 9.29. The SMILES string of the molecule is O=C(c1ccccc1Cl)[c-]1cccc1.[Fe].[cH-]1[cH-][cH-][cH-][cH-]1. The van der Waals surface area contributed by atoms with Gasteiger partial charge in [0.05, 0.1) is 0 Å². The molecule has 20 heavy (non-hydrogen) atoms. The average Bonchev–Trinajstić information content (AvgIpc) is 3.14. The molecule has 0 saturated carbocycles. The molecule has 0 spiro atoms. The zero-order valence-electron chi connectivity index (χ0n) is 10.6. The van der Waals surface area contributed by atoms with Crippen LogP contribution in [0, 0.1) is 0 Å². The molecule has 0 amide bonds. The molecule has 3 aromatic rings. The predicted molar refractivity (Wildman–Crippen MR) is 79.0 cm³/mol. The molecule has 3 rings (SSSR count). The molecule has 0 fully saturated rings. The summed E-state index contributed by atoms with van der Waals surface area (Å²) in [5.74, 6) is -0.0272. The topological polar surface area (TPSA) is 17.1 Å². The zero-order valence-corrected chi connectivity index (χ0v) is 12.5. The smallest absolute Gasteiger partial charge is 0.114 e. The van der Waals surface area contributed by atoms with Gasteiger partial charge in [-0.05, 0) is 5.56 Å². The molecule has 0 aromatic heterocycles. The Balaban J connectivity index is 0.000000283. The van der Waals surface area contributed by atoms with E-state index in [9.17, 15) is 4.79 Å². The molecule has 0 aliphatic rings. The van der Waals surface area contributed by atoms with Gasteiger partial charge in [-0.2, -0.15) is 12.1 Å². The van der Waals surface area contributed by atoms with Crippen molar-refractivity contribution in [3.63, 3.8) is 0 Å². The van der Waals surface area contributed by atoms with E-state index in [4.69, 9.17) is 11.6 Å². The Kier molecular flexibility index (Phi) is 7.03. The molecule has 0 atom stereocenters. The number of hydrogen-bond acceptors (Lipinski definition) is 1. The summed E-state index contributed by atoms with van der Waals surface area (Å²) in [6.45, 7) is 0. The predicted octanol–water partition coefficient (Wildman–Crippen LogP) is 4.69. The van der Waals surface area contributed by atoms with E-state index in [2.05, 4.69) is 0 Å². The summed E-state index contributed by atoms with van der Waals surface area (Å²) in [5, 5.41) is 0.499. The minimum Gasteiger partial charge on any atom is -0.748 e. The van der Waals surface area contributed by atoms with Crippen LogP contribution >= 0.6 is 11.6 Å². The third-order valence-corrected chi connectivity index (χ3v) is 2.93. The van der Waals surface area contributed by atoms with Crippen LogP contribution in [0.15, 0.2) is 78.9 Å². The van der Waals surface area contributed by atoms with Crippen molar-refractivity contribution < 1.29 is 21.9 Å². The van der Waals surface area contributed by atoms with E-state index in [1.54, 1.807) is 24.3 Å². The third kappa shape index (κ3) is 4.50. The Morgan fingerprint density at radius 1 is 0.900 bits per heavy atom. The van der Waals surface area contributed by atoms with Gasteiger partial charge < -0.3 is 35.1 Å². The van der Waals surface area contributed by atoms with Crippen LogP contribution in [0.3, 0.4) is 0 Å². The van der Waals surface area contributed by atoms with Crippen molar-refractivity contribution in [3.8, 4) is 0 Å². The Hall–Kier alpha value is -1.60. The number of ketones is 1. The van der Waals surface area contributed by atoms with E-state index < -0.39 is 0 Å². The van der Waals surface area contributed by atoms with Crippen LogP contribution in [0.25, 0.3) is 0 Å². The molecule has 0 bridgehead atoms. The monoisotopic (exact) mass is 324 g/mol. The van der Waals surface area contributed by atoms with Crippen LogP contribution in [-0.2, 0) is 17.1 Å². The minimum atomic E-state index is -0.0272. The molecular formula is C17H13ClFeO-6. The molecule has 1 nitrogen and oxygen atoms in total. The first kappa shape index (κ1) is 16.5. The van der Waals surface area contributed by atoms with Gasteiger partial charge in [0.1, 0.15) is 5.78 Å². The van der Waals surface area contributed by atoms with Gasteiger partial charge in [0.25, 0.3) is 0 Å². The molecule has 0 saturated heterocycles. The summed E-state index contributed by atoms with van der Waals surface area (Å²) in [6, 6.07) is 24.3. The summed E-state index contributed by atoms with van der Waals surface area (Å²) in [6.07, 6.45) is 0. The molecule has 0 unspecified atom stereocenters. The number of rotatable bonds is 2. The van der Waals surface area contributed by atoms with Crippen LogP contribution in [0.5, 0.6) is 0 Å². The fraction of sp³-hybridized carbons (Fsp3) is 0. The van der Waals surface area contributed by atoms with E-state index in [0.29, 0.717) is 16.1 Å². The molecule has 0 N–H and O–H groups in total. The summed E-state index contributed by atoms with van der Waals surface area (Å²) < 4.78 is 0. The number of carbonyl (C=O) groups excluding carboxylic acids is 1. The molecule has 3 aromatic carbocycles. The summed E-state index contributed by atoms with van der Waals surface area (Å²) >= 11 is 5.92. The fourth-order valence-corrected chi connectivity index (χ4v) is 1.87. The van der Waals surface area contributed by atoms with Gasteiger partial charge in [0, 0.05) is 22.1 Å². The van der Waals surface area contributed by atoms with Crippen LogP contribution < -0.4 is 0 Å². The van der Waals surface area contributed by atoms with Crippen LogP contribution in [0.4, 0.5) is 0 Å². The summed E-state index contributed by atoms with van der Waals surface area (Å²) in [4.78, 5) is 11.8. The minimum absolute atomic E-state index is 0. The van der Waals surface area contributed by atoms with Crippen molar-refractivity contribution in [3.05, 3.63) is 95.0 Å². The maximum atomic E-state index is 11.8. The maximum absolute atomic E-state index is 11.8. The maximum Gasteiger partial charge on any atom is 0.114 e.